The molecule has 0 atom stereocenters. The lowest BCUT2D eigenvalue weighted by molar-refractivity contribution is 0.0518. The minimum Gasteiger partial charge on any atom is -0.462 e. The molecule has 0 saturated heterocycles. The molecule has 7 nitrogen and oxygen atoms in total. The van der Waals surface area contributed by atoms with Gasteiger partial charge in [0.05, 0.1) is 41.2 Å². The van der Waals surface area contributed by atoms with Crippen molar-refractivity contribution in [2.24, 2.45) is 0 Å². The molecule has 1 aromatic heterocycles. The lowest BCUT2D eigenvalue weighted by atomic mass is 10.1. The molecule has 0 amide bonds. The molecule has 29 heavy (non-hydrogen) atoms. The Balaban J connectivity index is 2.22. The van der Waals surface area contributed by atoms with E-state index >= 15 is 0 Å². The molecule has 1 heterocycles. The SMILES string of the molecule is CCOC(=O)c1ccc2ncc(C(=O)OCC)c(Nc3ccccc3C#N)c2c1. The highest BCUT2D eigenvalue weighted by Gasteiger charge is 2.19. The van der Waals surface area contributed by atoms with Gasteiger partial charge < -0.3 is 14.8 Å². The minimum atomic E-state index is -0.555. The molecular formula is C22H19N3O4. The number of ether oxygens (including phenoxy) is 2. The topological polar surface area (TPSA) is 101 Å². The van der Waals surface area contributed by atoms with Crippen LogP contribution in [0.1, 0.15) is 40.1 Å². The van der Waals surface area contributed by atoms with Crippen molar-refractivity contribution in [1.82, 2.24) is 4.98 Å². The van der Waals surface area contributed by atoms with Gasteiger partial charge in [-0.25, -0.2) is 9.59 Å². The summed E-state index contributed by atoms with van der Waals surface area (Å²) in [5, 5.41) is 13.1. The smallest absolute Gasteiger partial charge is 0.341 e. The van der Waals surface area contributed by atoms with E-state index in [-0.39, 0.29) is 18.8 Å². The van der Waals surface area contributed by atoms with Crippen LogP contribution < -0.4 is 5.32 Å². The normalized spacial score (nSPS) is 10.2. The van der Waals surface area contributed by atoms with Crippen LogP contribution >= 0.6 is 0 Å². The Labute approximate surface area is 167 Å². The molecule has 0 fully saturated rings. The maximum Gasteiger partial charge on any atom is 0.341 e. The summed E-state index contributed by atoms with van der Waals surface area (Å²) < 4.78 is 10.2. The summed E-state index contributed by atoms with van der Waals surface area (Å²) in [4.78, 5) is 29.0. The first kappa shape index (κ1) is 19.8. The largest absolute Gasteiger partial charge is 0.462 e. The van der Waals surface area contributed by atoms with E-state index in [4.69, 9.17) is 9.47 Å². The maximum atomic E-state index is 12.5. The number of esters is 2. The van der Waals surface area contributed by atoms with Crippen molar-refractivity contribution in [3.63, 3.8) is 0 Å². The van der Waals surface area contributed by atoms with Gasteiger partial charge in [-0.05, 0) is 44.2 Å². The third-order valence-electron chi connectivity index (χ3n) is 4.18. The van der Waals surface area contributed by atoms with Crippen LogP contribution in [-0.4, -0.2) is 30.1 Å². The molecule has 2 aromatic carbocycles. The molecule has 1 N–H and O–H groups in total. The molecule has 3 aromatic rings. The van der Waals surface area contributed by atoms with Crippen molar-refractivity contribution >= 4 is 34.2 Å². The van der Waals surface area contributed by atoms with Gasteiger partial charge in [0.2, 0.25) is 0 Å². The Kier molecular flexibility index (Phi) is 6.05. The van der Waals surface area contributed by atoms with Gasteiger partial charge in [0, 0.05) is 11.6 Å². The molecule has 7 heteroatoms. The number of para-hydroxylation sites is 1. The lowest BCUT2D eigenvalue weighted by Crippen LogP contribution is -2.10. The molecule has 0 aliphatic rings. The van der Waals surface area contributed by atoms with E-state index in [0.717, 1.165) is 0 Å². The van der Waals surface area contributed by atoms with Crippen LogP contribution in [0.5, 0.6) is 0 Å². The zero-order valence-corrected chi connectivity index (χ0v) is 16.1. The number of carbonyl (C=O) groups is 2. The van der Waals surface area contributed by atoms with Crippen molar-refractivity contribution in [3.05, 3.63) is 65.4 Å². The molecule has 3 rings (SSSR count). The third kappa shape index (κ3) is 4.17. The fourth-order valence-corrected chi connectivity index (χ4v) is 2.86. The lowest BCUT2D eigenvalue weighted by Gasteiger charge is -2.15. The number of nitriles is 1. The summed E-state index contributed by atoms with van der Waals surface area (Å²) in [5.74, 6) is -1.03. The van der Waals surface area contributed by atoms with Crippen LogP contribution in [0.25, 0.3) is 10.9 Å². The van der Waals surface area contributed by atoms with Gasteiger partial charge in [0.25, 0.3) is 0 Å². The third-order valence-corrected chi connectivity index (χ3v) is 4.18. The average Bonchev–Trinajstić information content (AvgIpc) is 2.74. The van der Waals surface area contributed by atoms with E-state index in [9.17, 15) is 14.9 Å². The Morgan fingerprint density at radius 3 is 2.52 bits per heavy atom. The highest BCUT2D eigenvalue weighted by Crippen LogP contribution is 2.31. The van der Waals surface area contributed by atoms with Gasteiger partial charge >= 0.3 is 11.9 Å². The number of carbonyl (C=O) groups excluding carboxylic acids is 2. The van der Waals surface area contributed by atoms with Crippen molar-refractivity contribution in [3.8, 4) is 6.07 Å². The first-order chi connectivity index (χ1) is 14.1. The quantitative estimate of drug-likeness (QED) is 0.630. The maximum absolute atomic E-state index is 12.5. The van der Waals surface area contributed by atoms with Crippen LogP contribution in [0, 0.1) is 11.3 Å². The fraction of sp³-hybridized carbons (Fsp3) is 0.182. The molecule has 0 spiro atoms. The number of fused-ring (bicyclic) bond motifs is 1. The van der Waals surface area contributed by atoms with Gasteiger partial charge in [-0.15, -0.1) is 0 Å². The van der Waals surface area contributed by atoms with Crippen LogP contribution in [0.3, 0.4) is 0 Å². The summed E-state index contributed by atoms with van der Waals surface area (Å²) in [6.45, 7) is 3.89. The summed E-state index contributed by atoms with van der Waals surface area (Å²) in [6, 6.07) is 13.9. The monoisotopic (exact) mass is 389 g/mol. The summed E-state index contributed by atoms with van der Waals surface area (Å²) >= 11 is 0. The number of nitrogens with zero attached hydrogens (tertiary/aromatic N) is 2. The second-order valence-corrected chi connectivity index (χ2v) is 6.00. The summed E-state index contributed by atoms with van der Waals surface area (Å²) in [5.41, 5.74) is 2.45. The van der Waals surface area contributed by atoms with E-state index < -0.39 is 11.9 Å². The molecule has 0 saturated carbocycles. The molecule has 0 aliphatic carbocycles. The van der Waals surface area contributed by atoms with E-state index in [1.165, 1.54) is 6.20 Å². The second-order valence-electron chi connectivity index (χ2n) is 6.00. The van der Waals surface area contributed by atoms with Gasteiger partial charge in [-0.1, -0.05) is 12.1 Å². The molecular weight excluding hydrogens is 370 g/mol. The average molecular weight is 389 g/mol. The first-order valence-corrected chi connectivity index (χ1v) is 9.12. The summed E-state index contributed by atoms with van der Waals surface area (Å²) in [6.07, 6.45) is 1.42. The highest BCUT2D eigenvalue weighted by molar-refractivity contribution is 6.08. The number of pyridine rings is 1. The molecule has 0 bridgehead atoms. The Hall–Kier alpha value is -3.92. The van der Waals surface area contributed by atoms with Crippen LogP contribution in [0.4, 0.5) is 11.4 Å². The zero-order valence-electron chi connectivity index (χ0n) is 16.1. The molecule has 0 radical (unpaired) electrons. The van der Waals surface area contributed by atoms with Gasteiger partial charge in [-0.2, -0.15) is 5.26 Å². The number of hydrogen-bond donors (Lipinski definition) is 1. The number of aromatic nitrogens is 1. The van der Waals surface area contributed by atoms with Crippen molar-refractivity contribution in [1.29, 1.82) is 5.26 Å². The van der Waals surface area contributed by atoms with Crippen molar-refractivity contribution in [2.45, 2.75) is 13.8 Å². The number of hydrogen-bond acceptors (Lipinski definition) is 7. The van der Waals surface area contributed by atoms with Crippen LogP contribution in [-0.2, 0) is 9.47 Å². The van der Waals surface area contributed by atoms with Crippen molar-refractivity contribution < 1.29 is 19.1 Å². The molecule has 0 aliphatic heterocycles. The zero-order chi connectivity index (χ0) is 20.8. The predicted octanol–water partition coefficient (Wildman–Crippen LogP) is 4.20. The number of nitrogens with one attached hydrogen (secondary N) is 1. The van der Waals surface area contributed by atoms with Gasteiger partial charge in [0.1, 0.15) is 11.6 Å². The minimum absolute atomic E-state index is 0.202. The number of benzene rings is 2. The molecule has 146 valence electrons. The second kappa shape index (κ2) is 8.85. The van der Waals surface area contributed by atoms with E-state index in [2.05, 4.69) is 16.4 Å². The van der Waals surface area contributed by atoms with E-state index in [1.807, 2.05) is 0 Å². The number of rotatable bonds is 6. The Morgan fingerprint density at radius 2 is 1.79 bits per heavy atom. The van der Waals surface area contributed by atoms with Crippen LogP contribution in [0.2, 0.25) is 0 Å². The highest BCUT2D eigenvalue weighted by atomic mass is 16.5. The Bertz CT molecular complexity index is 1110. The van der Waals surface area contributed by atoms with E-state index in [0.29, 0.717) is 33.4 Å². The van der Waals surface area contributed by atoms with Gasteiger partial charge in [-0.3, -0.25) is 4.98 Å². The predicted molar refractivity (Wildman–Crippen MR) is 108 cm³/mol. The first-order valence-electron chi connectivity index (χ1n) is 9.12. The summed E-state index contributed by atoms with van der Waals surface area (Å²) in [7, 11) is 0. The number of anilines is 2. The molecule has 0 unspecified atom stereocenters. The van der Waals surface area contributed by atoms with Crippen LogP contribution in [0.15, 0.2) is 48.7 Å². The van der Waals surface area contributed by atoms with Crippen molar-refractivity contribution in [2.75, 3.05) is 18.5 Å². The Morgan fingerprint density at radius 1 is 1.07 bits per heavy atom. The van der Waals surface area contributed by atoms with Gasteiger partial charge in [0.15, 0.2) is 0 Å². The fourth-order valence-electron chi connectivity index (χ4n) is 2.86. The standard InChI is InChI=1S/C22H19N3O4/c1-3-28-21(26)14-9-10-19-16(11-14)20(17(13-24-19)22(27)29-4-2)25-18-8-6-5-7-15(18)12-23/h5-11,13H,3-4H2,1-2H3,(H,24,25). The van der Waals surface area contributed by atoms with E-state index in [1.54, 1.807) is 56.3 Å².